The summed E-state index contributed by atoms with van der Waals surface area (Å²) in [7, 11) is 0. The fraction of sp³-hybridized carbons (Fsp3) is 0.409. The van der Waals surface area contributed by atoms with Crippen molar-refractivity contribution in [3.8, 4) is 0 Å². The quantitative estimate of drug-likeness (QED) is 0.867. The van der Waals surface area contributed by atoms with Crippen molar-refractivity contribution in [3.05, 3.63) is 48.7 Å². The summed E-state index contributed by atoms with van der Waals surface area (Å²) in [5.74, 6) is 0.745. The molecule has 4 rings (SSSR count). The Balaban J connectivity index is 1.51. The minimum absolute atomic E-state index is 0.0522. The number of piperazine rings is 1. The predicted octanol–water partition coefficient (Wildman–Crippen LogP) is 2.36. The molecule has 0 bridgehead atoms. The molecule has 1 aromatic carbocycles. The van der Waals surface area contributed by atoms with E-state index in [4.69, 9.17) is 0 Å². The number of rotatable bonds is 3. The Hall–Kier alpha value is -2.93. The van der Waals surface area contributed by atoms with Gasteiger partial charge in [-0.2, -0.15) is 0 Å². The van der Waals surface area contributed by atoms with E-state index in [2.05, 4.69) is 20.1 Å². The molecule has 7 heteroatoms. The molecule has 1 saturated heterocycles. The number of para-hydroxylation sites is 2. The number of nitrogens with zero attached hydrogens (tertiary/aromatic N) is 4. The van der Waals surface area contributed by atoms with Crippen LogP contribution in [0.25, 0.3) is 0 Å². The van der Waals surface area contributed by atoms with E-state index in [-0.39, 0.29) is 17.9 Å². The number of carbonyl (C=O) groups excluding carboxylic acids is 2. The van der Waals surface area contributed by atoms with Gasteiger partial charge in [0.2, 0.25) is 11.8 Å². The van der Waals surface area contributed by atoms with Crippen LogP contribution in [-0.4, -0.2) is 59.5 Å². The molecule has 0 aliphatic carbocycles. The van der Waals surface area contributed by atoms with Crippen molar-refractivity contribution in [3.63, 3.8) is 0 Å². The number of anilines is 3. The minimum atomic E-state index is -0.949. The first-order valence-corrected chi connectivity index (χ1v) is 10.0. The van der Waals surface area contributed by atoms with Crippen LogP contribution in [0.4, 0.5) is 17.2 Å². The Morgan fingerprint density at radius 1 is 1.07 bits per heavy atom. The topological polar surface area (TPSA) is 68.8 Å². The molecule has 0 radical (unpaired) electrons. The molecule has 0 spiro atoms. The third-order valence-electron chi connectivity index (χ3n) is 5.92. The van der Waals surface area contributed by atoms with Crippen LogP contribution in [0.1, 0.15) is 20.8 Å². The summed E-state index contributed by atoms with van der Waals surface area (Å²) in [6, 6.07) is 13.1. The van der Waals surface area contributed by atoms with Crippen molar-refractivity contribution in [1.29, 1.82) is 0 Å². The number of nitrogens with one attached hydrogen (secondary N) is 1. The highest BCUT2D eigenvalue weighted by Gasteiger charge is 2.45. The summed E-state index contributed by atoms with van der Waals surface area (Å²) in [6.07, 6.45) is 1.80. The lowest BCUT2D eigenvalue weighted by molar-refractivity contribution is -0.129. The number of benzene rings is 1. The maximum Gasteiger partial charge on any atom is 0.250 e. The average Bonchev–Trinajstić information content (AvgIpc) is 2.74. The van der Waals surface area contributed by atoms with Gasteiger partial charge in [-0.15, -0.1) is 0 Å². The molecule has 0 saturated carbocycles. The van der Waals surface area contributed by atoms with Gasteiger partial charge in [0.05, 0.1) is 17.4 Å². The minimum Gasteiger partial charge on any atom is -0.354 e. The summed E-state index contributed by atoms with van der Waals surface area (Å²) in [5, 5.41) is 2.92. The maximum atomic E-state index is 13.6. The number of aromatic nitrogens is 1. The van der Waals surface area contributed by atoms with Gasteiger partial charge in [-0.1, -0.05) is 18.2 Å². The van der Waals surface area contributed by atoms with Crippen LogP contribution >= 0.6 is 0 Å². The van der Waals surface area contributed by atoms with Gasteiger partial charge in [-0.3, -0.25) is 19.4 Å². The first kappa shape index (κ1) is 19.4. The van der Waals surface area contributed by atoms with E-state index >= 15 is 0 Å². The van der Waals surface area contributed by atoms with E-state index in [0.717, 1.165) is 37.7 Å². The molecule has 1 atom stereocenters. The third kappa shape index (κ3) is 3.46. The number of carbonyl (C=O) groups is 2. The van der Waals surface area contributed by atoms with Gasteiger partial charge in [0.1, 0.15) is 11.4 Å². The van der Waals surface area contributed by atoms with Crippen LogP contribution in [-0.2, 0) is 9.59 Å². The largest absolute Gasteiger partial charge is 0.354 e. The molecule has 1 aromatic heterocycles. The molecule has 0 unspecified atom stereocenters. The molecule has 2 aliphatic rings. The van der Waals surface area contributed by atoms with Crippen molar-refractivity contribution in [2.24, 2.45) is 0 Å². The second-order valence-electron chi connectivity index (χ2n) is 8.09. The number of pyridine rings is 1. The van der Waals surface area contributed by atoms with Gasteiger partial charge in [-0.05, 0) is 45.0 Å². The molecule has 1 N–H and O–H groups in total. The van der Waals surface area contributed by atoms with Crippen LogP contribution < -0.4 is 15.1 Å². The zero-order valence-electron chi connectivity index (χ0n) is 17.1. The van der Waals surface area contributed by atoms with Crippen LogP contribution in [0.3, 0.4) is 0 Å². The molecule has 2 aliphatic heterocycles. The standard InChI is InChI=1S/C22H27N5O2/c1-16(25-12-14-26(15-13-25)19-10-6-7-11-23-19)20(28)27-18-9-5-4-8-17(18)24-21(29)22(27,2)3/h4-11,16H,12-15H2,1-3H3,(H,24,29)/t16-/m1/s1. The van der Waals surface area contributed by atoms with Gasteiger partial charge < -0.3 is 10.2 Å². The Morgan fingerprint density at radius 3 is 2.45 bits per heavy atom. The van der Waals surface area contributed by atoms with Crippen LogP contribution in [0, 0.1) is 0 Å². The molecule has 3 heterocycles. The first-order chi connectivity index (χ1) is 13.9. The van der Waals surface area contributed by atoms with E-state index in [1.54, 1.807) is 24.9 Å². The molecular weight excluding hydrogens is 366 g/mol. The Kier molecular flexibility index (Phi) is 5.00. The van der Waals surface area contributed by atoms with Crippen LogP contribution in [0.15, 0.2) is 48.7 Å². The Bertz CT molecular complexity index is 906. The predicted molar refractivity (Wildman–Crippen MR) is 114 cm³/mol. The van der Waals surface area contributed by atoms with Crippen molar-refractivity contribution in [2.75, 3.05) is 41.3 Å². The molecule has 1 fully saturated rings. The number of amides is 2. The lowest BCUT2D eigenvalue weighted by Crippen LogP contribution is -2.63. The van der Waals surface area contributed by atoms with Crippen LogP contribution in [0.2, 0.25) is 0 Å². The Labute approximate surface area is 171 Å². The summed E-state index contributed by atoms with van der Waals surface area (Å²) < 4.78 is 0. The lowest BCUT2D eigenvalue weighted by atomic mass is 9.95. The van der Waals surface area contributed by atoms with Gasteiger partial charge in [0.25, 0.3) is 0 Å². The van der Waals surface area contributed by atoms with Crippen molar-refractivity contribution in [1.82, 2.24) is 9.88 Å². The summed E-state index contributed by atoms with van der Waals surface area (Å²) >= 11 is 0. The monoisotopic (exact) mass is 393 g/mol. The van der Waals surface area contributed by atoms with E-state index < -0.39 is 5.54 Å². The van der Waals surface area contributed by atoms with Crippen LogP contribution in [0.5, 0.6) is 0 Å². The molecule has 2 aromatic rings. The van der Waals surface area contributed by atoms with Gasteiger partial charge in [0.15, 0.2) is 0 Å². The van der Waals surface area contributed by atoms with Gasteiger partial charge in [0, 0.05) is 32.4 Å². The normalized spacial score (nSPS) is 20.0. The fourth-order valence-corrected chi connectivity index (χ4v) is 4.07. The van der Waals surface area contributed by atoms with Gasteiger partial charge >= 0.3 is 0 Å². The average molecular weight is 393 g/mol. The SMILES string of the molecule is C[C@H](C(=O)N1c2ccccc2NC(=O)C1(C)C)N1CCN(c2ccccn2)CC1. The molecule has 152 valence electrons. The van der Waals surface area contributed by atoms with Crippen molar-refractivity contribution in [2.45, 2.75) is 32.4 Å². The smallest absolute Gasteiger partial charge is 0.250 e. The van der Waals surface area contributed by atoms with E-state index in [9.17, 15) is 9.59 Å². The number of fused-ring (bicyclic) bond motifs is 1. The highest BCUT2D eigenvalue weighted by molar-refractivity contribution is 6.15. The van der Waals surface area contributed by atoms with E-state index in [1.165, 1.54) is 0 Å². The van der Waals surface area contributed by atoms with E-state index in [0.29, 0.717) is 5.69 Å². The highest BCUT2D eigenvalue weighted by Crippen LogP contribution is 2.37. The van der Waals surface area contributed by atoms with Crippen molar-refractivity contribution >= 4 is 29.0 Å². The number of hydrogen-bond acceptors (Lipinski definition) is 5. The highest BCUT2D eigenvalue weighted by atomic mass is 16.2. The third-order valence-corrected chi connectivity index (χ3v) is 5.92. The van der Waals surface area contributed by atoms with E-state index in [1.807, 2.05) is 49.4 Å². The Morgan fingerprint density at radius 2 is 1.76 bits per heavy atom. The zero-order chi connectivity index (χ0) is 20.6. The summed E-state index contributed by atoms with van der Waals surface area (Å²) in [5.41, 5.74) is 0.480. The molecule has 2 amide bonds. The molecule has 29 heavy (non-hydrogen) atoms. The maximum absolute atomic E-state index is 13.6. The zero-order valence-corrected chi connectivity index (χ0v) is 17.1. The summed E-state index contributed by atoms with van der Waals surface area (Å²) in [6.45, 7) is 8.69. The fourth-order valence-electron chi connectivity index (χ4n) is 4.07. The lowest BCUT2D eigenvalue weighted by Gasteiger charge is -2.45. The number of hydrogen-bond donors (Lipinski definition) is 1. The molecule has 7 nitrogen and oxygen atoms in total. The summed E-state index contributed by atoms with van der Waals surface area (Å²) in [4.78, 5) is 36.7. The van der Waals surface area contributed by atoms with Crippen molar-refractivity contribution < 1.29 is 9.59 Å². The first-order valence-electron chi connectivity index (χ1n) is 10.0. The molecular formula is C22H27N5O2. The second kappa shape index (κ2) is 7.48. The van der Waals surface area contributed by atoms with Gasteiger partial charge in [-0.25, -0.2) is 4.98 Å². The second-order valence-corrected chi connectivity index (χ2v) is 8.09.